The molecule has 0 saturated carbocycles. The van der Waals surface area contributed by atoms with E-state index >= 15 is 0 Å². The summed E-state index contributed by atoms with van der Waals surface area (Å²) in [6, 6.07) is 80.1. The van der Waals surface area contributed by atoms with Crippen LogP contribution in [-0.4, -0.2) is 0 Å². The van der Waals surface area contributed by atoms with Gasteiger partial charge in [-0.2, -0.15) is 0 Å². The normalized spacial score (nSPS) is 11.2. The number of rotatable bonds is 8. The van der Waals surface area contributed by atoms with Crippen LogP contribution in [0.2, 0.25) is 0 Å². The molecule has 2 nitrogen and oxygen atoms in total. The van der Waals surface area contributed by atoms with Crippen molar-refractivity contribution in [1.82, 2.24) is 0 Å². The molecule has 1 aromatic heterocycles. The van der Waals surface area contributed by atoms with Gasteiger partial charge in [-0.05, 0) is 116 Å². The molecule has 10 rings (SSSR count). The summed E-state index contributed by atoms with van der Waals surface area (Å²) < 4.78 is 6.21. The van der Waals surface area contributed by atoms with Crippen molar-refractivity contribution in [3.63, 3.8) is 0 Å². The van der Waals surface area contributed by atoms with Gasteiger partial charge in [0.25, 0.3) is 0 Å². The Labute approximate surface area is 327 Å². The van der Waals surface area contributed by atoms with Crippen LogP contribution in [0.25, 0.3) is 77.6 Å². The predicted octanol–water partition coefficient (Wildman–Crippen LogP) is 15.4. The summed E-state index contributed by atoms with van der Waals surface area (Å²) in [7, 11) is 0. The number of hydrogen-bond acceptors (Lipinski definition) is 2. The lowest BCUT2D eigenvalue weighted by atomic mass is 9.97. The molecule has 56 heavy (non-hydrogen) atoms. The van der Waals surface area contributed by atoms with E-state index in [0.29, 0.717) is 0 Å². The molecule has 0 unspecified atom stereocenters. The van der Waals surface area contributed by atoms with E-state index in [4.69, 9.17) is 4.42 Å². The molecular weight excluding hydrogens is 679 g/mol. The summed E-state index contributed by atoms with van der Waals surface area (Å²) in [5.74, 6) is 0.873. The average molecular weight is 716 g/mol. The second-order valence-corrected chi connectivity index (χ2v) is 14.2. The number of anilines is 3. The molecule has 0 aliphatic carbocycles. The summed E-state index contributed by atoms with van der Waals surface area (Å²) in [6.07, 6.45) is 0. The van der Waals surface area contributed by atoms with E-state index in [1.165, 1.54) is 44.2 Å². The third-order valence-electron chi connectivity index (χ3n) is 10.7. The predicted molar refractivity (Wildman–Crippen MR) is 236 cm³/mol. The van der Waals surface area contributed by atoms with Crippen molar-refractivity contribution in [3.05, 3.63) is 224 Å². The molecule has 0 radical (unpaired) electrons. The minimum absolute atomic E-state index is 0.873. The molecule has 0 atom stereocenters. The Kier molecular flexibility index (Phi) is 8.55. The van der Waals surface area contributed by atoms with Crippen LogP contribution in [0.3, 0.4) is 0 Å². The molecule has 9 aromatic carbocycles. The summed E-state index contributed by atoms with van der Waals surface area (Å²) in [5.41, 5.74) is 14.7. The molecular formula is C54H37NO. The lowest BCUT2D eigenvalue weighted by molar-refractivity contribution is 0.631. The molecule has 0 amide bonds. The molecule has 0 fully saturated rings. The van der Waals surface area contributed by atoms with E-state index in [9.17, 15) is 0 Å². The van der Waals surface area contributed by atoms with Gasteiger partial charge in [0.1, 0.15) is 11.3 Å². The molecule has 0 N–H and O–H groups in total. The maximum Gasteiger partial charge on any atom is 0.135 e. The minimum Gasteiger partial charge on any atom is -0.456 e. The van der Waals surface area contributed by atoms with E-state index in [2.05, 4.69) is 211 Å². The summed E-state index contributed by atoms with van der Waals surface area (Å²) in [4.78, 5) is 2.34. The second-order valence-electron chi connectivity index (χ2n) is 14.2. The minimum atomic E-state index is 0.873. The monoisotopic (exact) mass is 715 g/mol. The van der Waals surface area contributed by atoms with Crippen molar-refractivity contribution < 1.29 is 4.42 Å². The van der Waals surface area contributed by atoms with Crippen molar-refractivity contribution in [1.29, 1.82) is 0 Å². The van der Waals surface area contributed by atoms with Gasteiger partial charge in [0, 0.05) is 28.0 Å². The largest absolute Gasteiger partial charge is 0.456 e. The smallest absolute Gasteiger partial charge is 0.135 e. The van der Waals surface area contributed by atoms with Gasteiger partial charge in [-0.25, -0.2) is 0 Å². The van der Waals surface area contributed by atoms with Gasteiger partial charge in [0.2, 0.25) is 0 Å². The maximum atomic E-state index is 6.21. The van der Waals surface area contributed by atoms with Crippen LogP contribution in [0.15, 0.2) is 229 Å². The SMILES string of the molecule is c1ccc(-c2cccc(-c3ccc(N(c4ccc(-c5cccc(-c6cc7ccccc7o6)c5)cc4)c4ccc(-c5cccc6ccccc56)cc4)cc3)c2)cc1. The van der Waals surface area contributed by atoms with E-state index in [0.717, 1.165) is 50.5 Å². The number of para-hydroxylation sites is 1. The number of furan rings is 1. The quantitative estimate of drug-likeness (QED) is 0.156. The van der Waals surface area contributed by atoms with Crippen LogP contribution in [0.5, 0.6) is 0 Å². The Hall–Kier alpha value is -7.42. The van der Waals surface area contributed by atoms with Gasteiger partial charge in [0.15, 0.2) is 0 Å². The van der Waals surface area contributed by atoms with Crippen LogP contribution in [0, 0.1) is 0 Å². The highest BCUT2D eigenvalue weighted by Crippen LogP contribution is 2.39. The van der Waals surface area contributed by atoms with Gasteiger partial charge in [-0.1, -0.05) is 164 Å². The summed E-state index contributed by atoms with van der Waals surface area (Å²) >= 11 is 0. The van der Waals surface area contributed by atoms with Crippen LogP contribution in [0.4, 0.5) is 17.1 Å². The van der Waals surface area contributed by atoms with E-state index in [-0.39, 0.29) is 0 Å². The molecule has 0 aliphatic heterocycles. The van der Waals surface area contributed by atoms with Crippen LogP contribution in [-0.2, 0) is 0 Å². The molecule has 0 saturated heterocycles. The average Bonchev–Trinajstić information content (AvgIpc) is 3.72. The van der Waals surface area contributed by atoms with E-state index in [1.807, 2.05) is 18.2 Å². The van der Waals surface area contributed by atoms with Gasteiger partial charge in [-0.3, -0.25) is 0 Å². The van der Waals surface area contributed by atoms with Crippen molar-refractivity contribution in [3.8, 4) is 55.8 Å². The Balaban J connectivity index is 1.00. The summed E-state index contributed by atoms with van der Waals surface area (Å²) in [6.45, 7) is 0. The van der Waals surface area contributed by atoms with Crippen LogP contribution >= 0.6 is 0 Å². The standard InChI is InChI=1S/C54H37NO/c1-2-11-38(12-3-1)43-16-8-17-44(35-43)39-23-29-48(30-24-39)55(50-33-27-42(28-34-50)52-21-10-15-41-13-4-6-20-51(41)52)49-31-25-40(26-32-49)45-18-9-19-46(36-45)54-37-47-14-5-7-22-53(47)56-54/h1-37H. The van der Waals surface area contributed by atoms with Crippen LogP contribution in [0.1, 0.15) is 0 Å². The number of benzene rings is 9. The lowest BCUT2D eigenvalue weighted by Crippen LogP contribution is -2.09. The first kappa shape index (κ1) is 33.2. The Morgan fingerprint density at radius 1 is 0.286 bits per heavy atom. The number of hydrogen-bond donors (Lipinski definition) is 0. The van der Waals surface area contributed by atoms with Crippen molar-refractivity contribution in [2.45, 2.75) is 0 Å². The Bertz CT molecular complexity index is 2900. The van der Waals surface area contributed by atoms with Crippen molar-refractivity contribution in [2.24, 2.45) is 0 Å². The maximum absolute atomic E-state index is 6.21. The first-order valence-electron chi connectivity index (χ1n) is 19.1. The molecule has 10 aromatic rings. The Morgan fingerprint density at radius 2 is 0.732 bits per heavy atom. The van der Waals surface area contributed by atoms with E-state index < -0.39 is 0 Å². The van der Waals surface area contributed by atoms with Crippen molar-refractivity contribution in [2.75, 3.05) is 4.90 Å². The molecule has 2 heteroatoms. The van der Waals surface area contributed by atoms with Gasteiger partial charge in [-0.15, -0.1) is 0 Å². The topological polar surface area (TPSA) is 16.4 Å². The first-order valence-corrected chi connectivity index (χ1v) is 19.1. The number of nitrogens with zero attached hydrogens (tertiary/aromatic N) is 1. The van der Waals surface area contributed by atoms with Crippen molar-refractivity contribution >= 4 is 38.8 Å². The second kappa shape index (κ2) is 14.4. The number of fused-ring (bicyclic) bond motifs is 2. The highest BCUT2D eigenvalue weighted by molar-refractivity contribution is 5.97. The lowest BCUT2D eigenvalue weighted by Gasteiger charge is -2.26. The van der Waals surface area contributed by atoms with E-state index in [1.54, 1.807) is 0 Å². The third-order valence-corrected chi connectivity index (χ3v) is 10.7. The molecule has 0 aliphatic rings. The zero-order chi connectivity index (χ0) is 37.3. The fourth-order valence-electron chi connectivity index (χ4n) is 7.81. The third kappa shape index (κ3) is 6.44. The van der Waals surface area contributed by atoms with Crippen LogP contribution < -0.4 is 4.90 Å². The fraction of sp³-hybridized carbons (Fsp3) is 0. The zero-order valence-electron chi connectivity index (χ0n) is 30.7. The highest BCUT2D eigenvalue weighted by atomic mass is 16.3. The zero-order valence-corrected chi connectivity index (χ0v) is 30.7. The molecule has 0 spiro atoms. The van der Waals surface area contributed by atoms with Gasteiger partial charge >= 0.3 is 0 Å². The highest BCUT2D eigenvalue weighted by Gasteiger charge is 2.15. The van der Waals surface area contributed by atoms with Gasteiger partial charge < -0.3 is 9.32 Å². The molecule has 1 heterocycles. The molecule has 264 valence electrons. The first-order chi connectivity index (χ1) is 27.7. The Morgan fingerprint density at radius 3 is 1.36 bits per heavy atom. The summed E-state index contributed by atoms with van der Waals surface area (Å²) in [5, 5.41) is 3.61. The fourth-order valence-corrected chi connectivity index (χ4v) is 7.81. The molecule has 0 bridgehead atoms. The van der Waals surface area contributed by atoms with Gasteiger partial charge in [0.05, 0.1) is 0 Å².